The number of rotatable bonds is 10. The van der Waals surface area contributed by atoms with E-state index in [1.807, 2.05) is 6.07 Å². The lowest BCUT2D eigenvalue weighted by Gasteiger charge is -2.18. The fraction of sp³-hybridized carbons (Fsp3) is 0.600. The van der Waals surface area contributed by atoms with E-state index in [0.717, 1.165) is 6.42 Å². The highest BCUT2D eigenvalue weighted by molar-refractivity contribution is 5.18. The number of nitrogens with one attached hydrogen (secondary N) is 1. The Morgan fingerprint density at radius 3 is 2.56 bits per heavy atom. The lowest BCUT2D eigenvalue weighted by Crippen LogP contribution is -2.23. The van der Waals surface area contributed by atoms with Crippen LogP contribution in [0.4, 0.5) is 0 Å². The molecule has 1 aromatic carbocycles. The van der Waals surface area contributed by atoms with Crippen LogP contribution in [-0.4, -0.2) is 20.3 Å². The van der Waals surface area contributed by atoms with Gasteiger partial charge >= 0.3 is 0 Å². The standard InChI is InChI=1S/C15H25NO2/c1-3-4-6-11-15(16-18-13-12-17-2)14-9-7-5-8-10-14/h5,7-10,15-16H,3-4,6,11-13H2,1-2H3. The summed E-state index contributed by atoms with van der Waals surface area (Å²) in [7, 11) is 1.68. The van der Waals surface area contributed by atoms with Gasteiger partial charge in [0.15, 0.2) is 0 Å². The molecule has 0 amide bonds. The fourth-order valence-electron chi connectivity index (χ4n) is 1.86. The van der Waals surface area contributed by atoms with Gasteiger partial charge in [-0.2, -0.15) is 5.48 Å². The molecular formula is C15H25NO2. The lowest BCUT2D eigenvalue weighted by molar-refractivity contribution is -0.0143. The van der Waals surface area contributed by atoms with Gasteiger partial charge in [0.1, 0.15) is 0 Å². The van der Waals surface area contributed by atoms with Gasteiger partial charge in [0.05, 0.1) is 19.3 Å². The van der Waals surface area contributed by atoms with E-state index in [2.05, 4.69) is 36.7 Å². The predicted octanol–water partition coefficient (Wildman–Crippen LogP) is 3.48. The molecule has 3 heteroatoms. The first-order valence-electron chi connectivity index (χ1n) is 6.79. The molecule has 0 saturated carbocycles. The van der Waals surface area contributed by atoms with Crippen LogP contribution < -0.4 is 5.48 Å². The molecule has 0 heterocycles. The highest BCUT2D eigenvalue weighted by Gasteiger charge is 2.10. The Morgan fingerprint density at radius 1 is 1.11 bits per heavy atom. The second-order valence-corrected chi connectivity index (χ2v) is 4.42. The van der Waals surface area contributed by atoms with Crippen molar-refractivity contribution in [2.75, 3.05) is 20.3 Å². The summed E-state index contributed by atoms with van der Waals surface area (Å²) in [4.78, 5) is 5.45. The minimum absolute atomic E-state index is 0.273. The topological polar surface area (TPSA) is 30.5 Å². The Hall–Kier alpha value is -0.900. The van der Waals surface area contributed by atoms with Gasteiger partial charge in [-0.15, -0.1) is 0 Å². The molecule has 3 nitrogen and oxygen atoms in total. The molecule has 1 N–H and O–H groups in total. The van der Waals surface area contributed by atoms with Gasteiger partial charge in [0, 0.05) is 7.11 Å². The molecule has 102 valence electrons. The van der Waals surface area contributed by atoms with Gasteiger partial charge in [-0.1, -0.05) is 56.5 Å². The minimum Gasteiger partial charge on any atom is -0.382 e. The maximum absolute atomic E-state index is 5.45. The monoisotopic (exact) mass is 251 g/mol. The Kier molecular flexibility index (Phi) is 8.47. The summed E-state index contributed by atoms with van der Waals surface area (Å²) in [6, 6.07) is 10.7. The largest absolute Gasteiger partial charge is 0.382 e. The number of unbranched alkanes of at least 4 members (excludes halogenated alkanes) is 2. The molecule has 0 radical (unpaired) electrons. The highest BCUT2D eigenvalue weighted by atomic mass is 16.7. The molecule has 1 rings (SSSR count). The highest BCUT2D eigenvalue weighted by Crippen LogP contribution is 2.19. The average Bonchev–Trinajstić information content (AvgIpc) is 2.42. The summed E-state index contributed by atoms with van der Waals surface area (Å²) in [5.41, 5.74) is 4.43. The van der Waals surface area contributed by atoms with Crippen molar-refractivity contribution < 1.29 is 9.57 Å². The third-order valence-corrected chi connectivity index (χ3v) is 2.91. The molecule has 1 unspecified atom stereocenters. The fourth-order valence-corrected chi connectivity index (χ4v) is 1.86. The molecule has 0 aliphatic carbocycles. The Labute approximate surface area is 110 Å². The van der Waals surface area contributed by atoms with Crippen LogP contribution in [-0.2, 0) is 9.57 Å². The zero-order valence-corrected chi connectivity index (χ0v) is 11.5. The van der Waals surface area contributed by atoms with Crippen molar-refractivity contribution in [3.05, 3.63) is 35.9 Å². The van der Waals surface area contributed by atoms with Crippen LogP contribution >= 0.6 is 0 Å². The summed E-state index contributed by atoms with van der Waals surface area (Å²) in [6.07, 6.45) is 4.83. The summed E-state index contributed by atoms with van der Waals surface area (Å²) in [5.74, 6) is 0. The SMILES string of the molecule is CCCCCC(NOCCOC)c1ccccc1. The van der Waals surface area contributed by atoms with Crippen LogP contribution in [0.1, 0.15) is 44.2 Å². The van der Waals surface area contributed by atoms with Crippen LogP contribution in [0.15, 0.2) is 30.3 Å². The maximum Gasteiger partial charge on any atom is 0.0916 e. The average molecular weight is 251 g/mol. The van der Waals surface area contributed by atoms with Crippen molar-refractivity contribution in [3.63, 3.8) is 0 Å². The van der Waals surface area contributed by atoms with E-state index in [4.69, 9.17) is 9.57 Å². The quantitative estimate of drug-likeness (QED) is 0.510. The molecule has 0 fully saturated rings. The Balaban J connectivity index is 2.42. The van der Waals surface area contributed by atoms with Gasteiger partial charge in [-0.25, -0.2) is 0 Å². The third-order valence-electron chi connectivity index (χ3n) is 2.91. The number of hydroxylamine groups is 1. The van der Waals surface area contributed by atoms with E-state index in [1.165, 1.54) is 24.8 Å². The summed E-state index contributed by atoms with van der Waals surface area (Å²) < 4.78 is 4.96. The first kappa shape index (κ1) is 15.2. The molecule has 0 aliphatic heterocycles. The Bertz CT molecular complexity index is 290. The third kappa shape index (κ3) is 6.15. The Morgan fingerprint density at radius 2 is 1.89 bits per heavy atom. The van der Waals surface area contributed by atoms with Crippen LogP contribution in [0.2, 0.25) is 0 Å². The van der Waals surface area contributed by atoms with Gasteiger partial charge in [0.25, 0.3) is 0 Å². The van der Waals surface area contributed by atoms with Gasteiger partial charge in [-0.05, 0) is 12.0 Å². The zero-order valence-electron chi connectivity index (χ0n) is 11.5. The minimum atomic E-state index is 0.273. The van der Waals surface area contributed by atoms with Crippen LogP contribution in [0.3, 0.4) is 0 Å². The zero-order chi connectivity index (χ0) is 13.1. The number of hydrogen-bond donors (Lipinski definition) is 1. The molecule has 0 aromatic heterocycles. The summed E-state index contributed by atoms with van der Waals surface area (Å²) in [5, 5.41) is 0. The van der Waals surface area contributed by atoms with Crippen LogP contribution in [0.5, 0.6) is 0 Å². The first-order chi connectivity index (χ1) is 8.88. The van der Waals surface area contributed by atoms with Gasteiger partial charge in [-0.3, -0.25) is 4.84 Å². The second-order valence-electron chi connectivity index (χ2n) is 4.42. The molecule has 0 bridgehead atoms. The second kappa shape index (κ2) is 10.1. The number of hydrogen-bond acceptors (Lipinski definition) is 3. The van der Waals surface area contributed by atoms with E-state index in [0.29, 0.717) is 13.2 Å². The first-order valence-corrected chi connectivity index (χ1v) is 6.79. The molecule has 0 saturated heterocycles. The molecular weight excluding hydrogens is 226 g/mol. The molecule has 0 spiro atoms. The van der Waals surface area contributed by atoms with E-state index in [1.54, 1.807) is 7.11 Å². The van der Waals surface area contributed by atoms with E-state index in [-0.39, 0.29) is 6.04 Å². The van der Waals surface area contributed by atoms with E-state index in [9.17, 15) is 0 Å². The normalized spacial score (nSPS) is 12.6. The number of ether oxygens (including phenoxy) is 1. The molecule has 1 atom stereocenters. The molecule has 18 heavy (non-hydrogen) atoms. The van der Waals surface area contributed by atoms with Crippen molar-refractivity contribution in [2.45, 2.75) is 38.6 Å². The number of methoxy groups -OCH3 is 1. The smallest absolute Gasteiger partial charge is 0.0916 e. The predicted molar refractivity (Wildman–Crippen MR) is 74.3 cm³/mol. The van der Waals surface area contributed by atoms with E-state index < -0.39 is 0 Å². The maximum atomic E-state index is 5.45. The van der Waals surface area contributed by atoms with Crippen LogP contribution in [0.25, 0.3) is 0 Å². The molecule has 1 aromatic rings. The van der Waals surface area contributed by atoms with Gasteiger partial charge < -0.3 is 4.74 Å². The lowest BCUT2D eigenvalue weighted by atomic mass is 10.0. The van der Waals surface area contributed by atoms with Crippen LogP contribution in [0, 0.1) is 0 Å². The van der Waals surface area contributed by atoms with Crippen molar-refractivity contribution in [1.82, 2.24) is 5.48 Å². The molecule has 0 aliphatic rings. The van der Waals surface area contributed by atoms with Crippen molar-refractivity contribution in [1.29, 1.82) is 0 Å². The van der Waals surface area contributed by atoms with E-state index >= 15 is 0 Å². The number of benzene rings is 1. The van der Waals surface area contributed by atoms with Crippen molar-refractivity contribution >= 4 is 0 Å². The summed E-state index contributed by atoms with van der Waals surface area (Å²) >= 11 is 0. The van der Waals surface area contributed by atoms with Crippen molar-refractivity contribution in [3.8, 4) is 0 Å². The summed E-state index contributed by atoms with van der Waals surface area (Å²) in [6.45, 7) is 3.41. The van der Waals surface area contributed by atoms with Crippen molar-refractivity contribution in [2.24, 2.45) is 0 Å². The van der Waals surface area contributed by atoms with Gasteiger partial charge in [0.2, 0.25) is 0 Å².